The van der Waals surface area contributed by atoms with Crippen LogP contribution in [0, 0.1) is 10.1 Å². The van der Waals surface area contributed by atoms with E-state index < -0.39 is 4.92 Å². The van der Waals surface area contributed by atoms with E-state index in [0.29, 0.717) is 11.3 Å². The number of nitrogens with zero attached hydrogens (tertiary/aromatic N) is 2. The molecule has 108 valence electrons. The lowest BCUT2D eigenvalue weighted by Crippen LogP contribution is -2.25. The monoisotopic (exact) mass is 277 g/mol. The number of nitrogens with one attached hydrogen (secondary N) is 1. The molecule has 6 nitrogen and oxygen atoms in total. The highest BCUT2D eigenvalue weighted by Crippen LogP contribution is 2.31. The van der Waals surface area contributed by atoms with E-state index in [4.69, 9.17) is 0 Å². The fourth-order valence-electron chi connectivity index (χ4n) is 2.53. The molecule has 0 saturated carbocycles. The minimum absolute atomic E-state index is 0.00741. The van der Waals surface area contributed by atoms with Crippen molar-refractivity contribution < 1.29 is 9.72 Å². The van der Waals surface area contributed by atoms with Crippen LogP contribution in [0.1, 0.15) is 36.0 Å². The first-order valence-corrected chi connectivity index (χ1v) is 6.89. The molecule has 1 aromatic carbocycles. The molecular formula is C14H19N3O3. The van der Waals surface area contributed by atoms with Gasteiger partial charge < -0.3 is 10.2 Å². The number of carbonyl (C=O) groups is 1. The van der Waals surface area contributed by atoms with Gasteiger partial charge in [0.05, 0.1) is 4.92 Å². The highest BCUT2D eigenvalue weighted by Gasteiger charge is 2.22. The summed E-state index contributed by atoms with van der Waals surface area (Å²) >= 11 is 0. The van der Waals surface area contributed by atoms with E-state index in [1.165, 1.54) is 26.0 Å². The molecule has 0 aliphatic carbocycles. The smallest absolute Gasteiger partial charge is 0.293 e. The van der Waals surface area contributed by atoms with Crippen molar-refractivity contribution in [3.8, 4) is 0 Å². The maximum absolute atomic E-state index is 11.6. The Balaban J connectivity index is 2.36. The van der Waals surface area contributed by atoms with Gasteiger partial charge in [-0.3, -0.25) is 14.9 Å². The van der Waals surface area contributed by atoms with Gasteiger partial charge >= 0.3 is 0 Å². The predicted molar refractivity (Wildman–Crippen MR) is 77.2 cm³/mol. The van der Waals surface area contributed by atoms with Gasteiger partial charge in [-0.1, -0.05) is 12.8 Å². The summed E-state index contributed by atoms with van der Waals surface area (Å²) in [6.45, 7) is 1.67. The number of carbonyl (C=O) groups excluding carboxylic acids is 1. The Labute approximate surface area is 117 Å². The fourth-order valence-corrected chi connectivity index (χ4v) is 2.53. The van der Waals surface area contributed by atoms with Crippen LogP contribution in [0.2, 0.25) is 0 Å². The van der Waals surface area contributed by atoms with Gasteiger partial charge in [0, 0.05) is 31.8 Å². The van der Waals surface area contributed by atoms with Crippen molar-refractivity contribution in [1.29, 1.82) is 0 Å². The van der Waals surface area contributed by atoms with E-state index in [9.17, 15) is 14.9 Å². The molecule has 2 rings (SSSR count). The van der Waals surface area contributed by atoms with Crippen LogP contribution >= 0.6 is 0 Å². The Bertz CT molecular complexity index is 508. The summed E-state index contributed by atoms with van der Waals surface area (Å²) in [6.07, 6.45) is 4.43. The van der Waals surface area contributed by atoms with Crippen LogP contribution < -0.4 is 10.2 Å². The van der Waals surface area contributed by atoms with Gasteiger partial charge in [-0.25, -0.2) is 0 Å². The zero-order valence-corrected chi connectivity index (χ0v) is 11.6. The Kier molecular flexibility index (Phi) is 4.55. The summed E-state index contributed by atoms with van der Waals surface area (Å²) < 4.78 is 0. The summed E-state index contributed by atoms with van der Waals surface area (Å²) in [5, 5.41) is 13.7. The van der Waals surface area contributed by atoms with Gasteiger partial charge in [0.2, 0.25) is 0 Å². The zero-order chi connectivity index (χ0) is 14.5. The summed E-state index contributed by atoms with van der Waals surface area (Å²) in [4.78, 5) is 24.5. The number of rotatable bonds is 3. The summed E-state index contributed by atoms with van der Waals surface area (Å²) in [5.74, 6) is -0.310. The van der Waals surface area contributed by atoms with Crippen LogP contribution in [0.4, 0.5) is 11.4 Å². The van der Waals surface area contributed by atoms with Crippen molar-refractivity contribution in [2.75, 3.05) is 25.0 Å². The first-order valence-electron chi connectivity index (χ1n) is 6.89. The molecule has 0 unspecified atom stereocenters. The van der Waals surface area contributed by atoms with Gasteiger partial charge in [0.15, 0.2) is 0 Å². The SMILES string of the molecule is CNC(=O)c1ccc(N2CCCCCC2)c([N+](=O)[O-])c1. The van der Waals surface area contributed by atoms with Crippen molar-refractivity contribution in [2.24, 2.45) is 0 Å². The molecule has 1 aliphatic rings. The Morgan fingerprint density at radius 3 is 2.45 bits per heavy atom. The first kappa shape index (κ1) is 14.3. The maximum atomic E-state index is 11.6. The molecule has 1 amide bonds. The van der Waals surface area contributed by atoms with Crippen LogP contribution in [0.3, 0.4) is 0 Å². The lowest BCUT2D eigenvalue weighted by atomic mass is 10.1. The van der Waals surface area contributed by atoms with Crippen LogP contribution in [-0.2, 0) is 0 Å². The van der Waals surface area contributed by atoms with Gasteiger partial charge in [0.1, 0.15) is 5.69 Å². The van der Waals surface area contributed by atoms with Gasteiger partial charge in [0.25, 0.3) is 11.6 Å². The highest BCUT2D eigenvalue weighted by molar-refractivity contribution is 5.95. The Morgan fingerprint density at radius 1 is 1.25 bits per heavy atom. The third-order valence-corrected chi connectivity index (χ3v) is 3.61. The van der Waals surface area contributed by atoms with Crippen molar-refractivity contribution in [2.45, 2.75) is 25.7 Å². The second-order valence-corrected chi connectivity index (χ2v) is 4.94. The number of benzene rings is 1. The summed E-state index contributed by atoms with van der Waals surface area (Å²) in [7, 11) is 1.51. The third-order valence-electron chi connectivity index (χ3n) is 3.61. The van der Waals surface area contributed by atoms with Crippen molar-refractivity contribution in [1.82, 2.24) is 5.32 Å². The molecule has 1 fully saturated rings. The van der Waals surface area contributed by atoms with E-state index in [1.54, 1.807) is 12.1 Å². The van der Waals surface area contributed by atoms with E-state index in [-0.39, 0.29) is 11.6 Å². The molecule has 1 aliphatic heterocycles. The largest absolute Gasteiger partial charge is 0.366 e. The maximum Gasteiger partial charge on any atom is 0.293 e. The predicted octanol–water partition coefficient (Wildman–Crippen LogP) is 2.33. The molecule has 1 heterocycles. The minimum atomic E-state index is -0.410. The van der Waals surface area contributed by atoms with E-state index in [2.05, 4.69) is 10.2 Å². The molecule has 0 aromatic heterocycles. The molecule has 20 heavy (non-hydrogen) atoms. The number of hydrogen-bond donors (Lipinski definition) is 1. The average molecular weight is 277 g/mol. The average Bonchev–Trinajstić information content (AvgIpc) is 2.74. The Morgan fingerprint density at radius 2 is 1.90 bits per heavy atom. The molecule has 1 aromatic rings. The van der Waals surface area contributed by atoms with Crippen LogP contribution in [-0.4, -0.2) is 31.0 Å². The summed E-state index contributed by atoms with van der Waals surface area (Å²) in [6, 6.07) is 4.69. The number of nitro groups is 1. The fraction of sp³-hybridized carbons (Fsp3) is 0.500. The number of amides is 1. The molecule has 6 heteroatoms. The first-order chi connectivity index (χ1) is 9.63. The van der Waals surface area contributed by atoms with Crippen molar-refractivity contribution in [3.63, 3.8) is 0 Å². The number of nitro benzene ring substituents is 1. The van der Waals surface area contributed by atoms with Crippen molar-refractivity contribution in [3.05, 3.63) is 33.9 Å². The number of hydrogen-bond acceptors (Lipinski definition) is 4. The minimum Gasteiger partial charge on any atom is -0.366 e. The molecule has 0 spiro atoms. The van der Waals surface area contributed by atoms with E-state index >= 15 is 0 Å². The topological polar surface area (TPSA) is 75.5 Å². The lowest BCUT2D eigenvalue weighted by Gasteiger charge is -2.22. The zero-order valence-electron chi connectivity index (χ0n) is 11.6. The second kappa shape index (κ2) is 6.36. The normalized spacial score (nSPS) is 15.6. The van der Waals surface area contributed by atoms with Gasteiger partial charge in [-0.05, 0) is 25.0 Å². The quantitative estimate of drug-likeness (QED) is 0.679. The van der Waals surface area contributed by atoms with E-state index in [0.717, 1.165) is 25.9 Å². The second-order valence-electron chi connectivity index (χ2n) is 4.94. The van der Waals surface area contributed by atoms with Gasteiger partial charge in [-0.2, -0.15) is 0 Å². The third kappa shape index (κ3) is 3.07. The van der Waals surface area contributed by atoms with Crippen LogP contribution in [0.25, 0.3) is 0 Å². The van der Waals surface area contributed by atoms with Crippen molar-refractivity contribution >= 4 is 17.3 Å². The Hall–Kier alpha value is -2.11. The standard InChI is InChI=1S/C14H19N3O3/c1-15-14(18)11-6-7-12(13(10-11)17(19)20)16-8-4-2-3-5-9-16/h6-7,10H,2-5,8-9H2,1H3,(H,15,18). The lowest BCUT2D eigenvalue weighted by molar-refractivity contribution is -0.384. The van der Waals surface area contributed by atoms with Crippen LogP contribution in [0.15, 0.2) is 18.2 Å². The highest BCUT2D eigenvalue weighted by atomic mass is 16.6. The molecular weight excluding hydrogens is 258 g/mol. The molecule has 0 radical (unpaired) electrons. The molecule has 1 N–H and O–H groups in total. The molecule has 0 bridgehead atoms. The summed E-state index contributed by atoms with van der Waals surface area (Å²) in [5.41, 5.74) is 0.940. The number of anilines is 1. The molecule has 0 atom stereocenters. The van der Waals surface area contributed by atoms with Gasteiger partial charge in [-0.15, -0.1) is 0 Å². The van der Waals surface area contributed by atoms with E-state index in [1.807, 2.05) is 0 Å². The molecule has 1 saturated heterocycles. The van der Waals surface area contributed by atoms with Crippen LogP contribution in [0.5, 0.6) is 0 Å².